The van der Waals surface area contributed by atoms with E-state index >= 15 is 0 Å². The van der Waals surface area contributed by atoms with E-state index in [2.05, 4.69) is 8.37 Å². The van der Waals surface area contributed by atoms with Crippen LogP contribution in [0.2, 0.25) is 0 Å². The summed E-state index contributed by atoms with van der Waals surface area (Å²) in [6.45, 7) is 0. The van der Waals surface area contributed by atoms with Gasteiger partial charge >= 0.3 is 0 Å². The summed E-state index contributed by atoms with van der Waals surface area (Å²) in [7, 11) is -9.73. The number of hydrogen-bond acceptors (Lipinski definition) is 8. The van der Waals surface area contributed by atoms with Crippen molar-refractivity contribution in [1.29, 1.82) is 0 Å². The molecule has 0 N–H and O–H groups in total. The SMILES string of the molecule is O=S(=O)([O-])Oc1ccc2c(c1)CCc1cc(OS(=O)(=O)[O-])ccc1/C=C\2. The Kier molecular flexibility index (Phi) is 4.76. The van der Waals surface area contributed by atoms with Gasteiger partial charge in [0.1, 0.15) is 11.5 Å². The lowest BCUT2D eigenvalue weighted by molar-refractivity contribution is 0.369. The Bertz CT molecular complexity index is 998. The van der Waals surface area contributed by atoms with Gasteiger partial charge in [0.25, 0.3) is 20.8 Å². The lowest BCUT2D eigenvalue weighted by Crippen LogP contribution is -2.09. The van der Waals surface area contributed by atoms with Crippen LogP contribution in [0.15, 0.2) is 36.4 Å². The van der Waals surface area contributed by atoms with Crippen molar-refractivity contribution in [3.63, 3.8) is 0 Å². The van der Waals surface area contributed by atoms with Crippen molar-refractivity contribution in [1.82, 2.24) is 0 Å². The average molecular weight is 396 g/mol. The minimum absolute atomic E-state index is 0.0810. The van der Waals surface area contributed by atoms with Crippen molar-refractivity contribution in [2.75, 3.05) is 0 Å². The van der Waals surface area contributed by atoms with Gasteiger partial charge in [-0.25, -0.2) is 16.8 Å². The smallest absolute Gasteiger partial charge is 0.262 e. The second-order valence-electron chi connectivity index (χ2n) is 5.54. The highest BCUT2D eigenvalue weighted by atomic mass is 32.3. The van der Waals surface area contributed by atoms with Crippen molar-refractivity contribution < 1.29 is 34.3 Å². The van der Waals surface area contributed by atoms with E-state index in [4.69, 9.17) is 0 Å². The molecule has 0 saturated heterocycles. The van der Waals surface area contributed by atoms with Crippen LogP contribution in [-0.2, 0) is 33.6 Å². The molecule has 8 nitrogen and oxygen atoms in total. The molecule has 0 saturated carbocycles. The van der Waals surface area contributed by atoms with Gasteiger partial charge in [-0.15, -0.1) is 0 Å². The topological polar surface area (TPSA) is 133 Å². The molecule has 0 radical (unpaired) electrons. The molecule has 26 heavy (non-hydrogen) atoms. The number of fused-ring (bicyclic) bond motifs is 2. The normalized spacial score (nSPS) is 15.2. The molecular weight excluding hydrogens is 384 g/mol. The number of rotatable bonds is 4. The Balaban J connectivity index is 1.92. The summed E-state index contributed by atoms with van der Waals surface area (Å²) < 4.78 is 73.1. The average Bonchev–Trinajstić information content (AvgIpc) is 2.48. The summed E-state index contributed by atoms with van der Waals surface area (Å²) in [6.07, 6.45) is 4.54. The molecule has 0 bridgehead atoms. The summed E-state index contributed by atoms with van der Waals surface area (Å²) in [5.74, 6) is -0.162. The molecule has 3 rings (SSSR count). The third-order valence-corrected chi connectivity index (χ3v) is 4.52. The van der Waals surface area contributed by atoms with Gasteiger partial charge in [0.2, 0.25) is 0 Å². The molecule has 2 aromatic rings. The first-order valence-electron chi connectivity index (χ1n) is 7.34. The first kappa shape index (κ1) is 18.4. The third-order valence-electron chi connectivity index (χ3n) is 3.73. The Morgan fingerprint density at radius 1 is 0.692 bits per heavy atom. The number of hydrogen-bond donors (Lipinski definition) is 0. The minimum atomic E-state index is -4.86. The molecule has 0 aromatic heterocycles. The zero-order valence-corrected chi connectivity index (χ0v) is 14.7. The van der Waals surface area contributed by atoms with Crippen LogP contribution < -0.4 is 8.37 Å². The molecule has 0 heterocycles. The number of aryl methyl sites for hydroxylation is 2. The molecule has 2 aromatic carbocycles. The van der Waals surface area contributed by atoms with Gasteiger partial charge in [-0.05, 0) is 59.4 Å². The van der Waals surface area contributed by atoms with Crippen molar-refractivity contribution >= 4 is 33.0 Å². The fourth-order valence-electron chi connectivity index (χ4n) is 2.71. The lowest BCUT2D eigenvalue weighted by Gasteiger charge is -2.16. The second-order valence-corrected chi connectivity index (χ2v) is 7.50. The van der Waals surface area contributed by atoms with E-state index in [0.29, 0.717) is 12.8 Å². The van der Waals surface area contributed by atoms with Crippen LogP contribution >= 0.6 is 0 Å². The predicted octanol–water partition coefficient (Wildman–Crippen LogP) is 1.63. The molecular formula is C16H12O8S2-2. The zero-order valence-electron chi connectivity index (χ0n) is 13.1. The number of benzene rings is 2. The molecule has 0 fully saturated rings. The summed E-state index contributed by atoms with van der Waals surface area (Å²) >= 11 is 0. The maximum Gasteiger partial charge on any atom is 0.262 e. The van der Waals surface area contributed by atoms with E-state index < -0.39 is 20.8 Å². The van der Waals surface area contributed by atoms with Gasteiger partial charge in [-0.2, -0.15) is 0 Å². The molecule has 0 unspecified atom stereocenters. The Labute approximate surface area is 150 Å². The van der Waals surface area contributed by atoms with Gasteiger partial charge in [0.15, 0.2) is 0 Å². The Morgan fingerprint density at radius 2 is 1.08 bits per heavy atom. The largest absolute Gasteiger partial charge is 0.716 e. The van der Waals surface area contributed by atoms with Crippen LogP contribution in [0.1, 0.15) is 22.3 Å². The summed E-state index contributed by atoms with van der Waals surface area (Å²) in [6, 6.07) is 8.97. The van der Waals surface area contributed by atoms with Crippen LogP contribution in [0, 0.1) is 0 Å². The quantitative estimate of drug-likeness (QED) is 0.562. The summed E-state index contributed by atoms with van der Waals surface area (Å²) in [4.78, 5) is 0. The third kappa shape index (κ3) is 4.82. The van der Waals surface area contributed by atoms with Crippen molar-refractivity contribution in [3.8, 4) is 11.5 Å². The molecule has 0 atom stereocenters. The van der Waals surface area contributed by atoms with Gasteiger partial charge in [0, 0.05) is 0 Å². The molecule has 0 spiro atoms. The molecule has 138 valence electrons. The first-order chi connectivity index (χ1) is 12.1. The Morgan fingerprint density at radius 3 is 1.42 bits per heavy atom. The maximum absolute atomic E-state index is 10.7. The highest BCUT2D eigenvalue weighted by molar-refractivity contribution is 7.81. The van der Waals surface area contributed by atoms with E-state index in [0.717, 1.165) is 22.3 Å². The second kappa shape index (κ2) is 6.72. The van der Waals surface area contributed by atoms with Crippen LogP contribution in [0.4, 0.5) is 0 Å². The van der Waals surface area contributed by atoms with E-state index in [1.54, 1.807) is 24.3 Å². The highest BCUT2D eigenvalue weighted by Crippen LogP contribution is 2.28. The Hall–Kier alpha value is -2.40. The molecule has 10 heteroatoms. The molecule has 0 aliphatic heterocycles. The van der Waals surface area contributed by atoms with E-state index in [-0.39, 0.29) is 11.5 Å². The van der Waals surface area contributed by atoms with Crippen LogP contribution in [0.5, 0.6) is 11.5 Å². The zero-order chi connectivity index (χ0) is 18.9. The molecule has 1 aliphatic rings. The maximum atomic E-state index is 10.7. The predicted molar refractivity (Wildman–Crippen MR) is 89.9 cm³/mol. The standard InChI is InChI=1S/C16H14O8S2/c17-25(18,19)23-15-7-5-11-1-2-12-6-8-16(24-26(20,21)22)10-14(12)4-3-13(11)9-15/h1-2,5-10H,3-4H2,(H,17,18,19)(H,20,21,22)/p-2/b2-1-. The molecule has 0 amide bonds. The van der Waals surface area contributed by atoms with Crippen molar-refractivity contribution in [2.24, 2.45) is 0 Å². The summed E-state index contributed by atoms with van der Waals surface area (Å²) in [5.41, 5.74) is 3.15. The highest BCUT2D eigenvalue weighted by Gasteiger charge is 2.11. The minimum Gasteiger partial charge on any atom is -0.716 e. The van der Waals surface area contributed by atoms with Crippen molar-refractivity contribution in [2.45, 2.75) is 12.8 Å². The molecule has 1 aliphatic carbocycles. The summed E-state index contributed by atoms with van der Waals surface area (Å²) in [5, 5.41) is 0. The van der Waals surface area contributed by atoms with E-state index in [1.165, 1.54) is 24.3 Å². The van der Waals surface area contributed by atoms with Gasteiger partial charge in [0.05, 0.1) is 0 Å². The van der Waals surface area contributed by atoms with Crippen LogP contribution in [0.3, 0.4) is 0 Å². The van der Waals surface area contributed by atoms with Gasteiger partial charge < -0.3 is 17.5 Å². The van der Waals surface area contributed by atoms with E-state index in [9.17, 15) is 25.9 Å². The van der Waals surface area contributed by atoms with E-state index in [1.807, 2.05) is 0 Å². The first-order valence-corrected chi connectivity index (χ1v) is 10.0. The van der Waals surface area contributed by atoms with Crippen LogP contribution in [0.25, 0.3) is 12.2 Å². The van der Waals surface area contributed by atoms with Gasteiger partial charge in [-0.1, -0.05) is 24.3 Å². The lowest BCUT2D eigenvalue weighted by atomic mass is 9.93. The fraction of sp³-hybridized carbons (Fsp3) is 0.125. The van der Waals surface area contributed by atoms with Crippen molar-refractivity contribution in [3.05, 3.63) is 58.7 Å². The fourth-order valence-corrected chi connectivity index (χ4v) is 3.39. The monoisotopic (exact) mass is 396 g/mol. The van der Waals surface area contributed by atoms with Gasteiger partial charge in [-0.3, -0.25) is 0 Å². The van der Waals surface area contributed by atoms with Crippen LogP contribution in [-0.4, -0.2) is 25.9 Å².